The number of rotatable bonds is 7. The molecule has 0 spiro atoms. The molecule has 0 saturated heterocycles. The Morgan fingerprint density at radius 3 is 2.41 bits per heavy atom. The van der Waals surface area contributed by atoms with E-state index in [1.54, 1.807) is 18.9 Å². The number of halogens is 1. The zero-order valence-corrected chi connectivity index (χ0v) is 18.2. The molecule has 2 aromatic rings. The maximum atomic E-state index is 13.0. The van der Waals surface area contributed by atoms with E-state index >= 15 is 0 Å². The second-order valence-electron chi connectivity index (χ2n) is 6.92. The third kappa shape index (κ3) is 5.50. The van der Waals surface area contributed by atoms with Gasteiger partial charge < -0.3 is 19.7 Å². The van der Waals surface area contributed by atoms with E-state index in [0.29, 0.717) is 38.3 Å². The highest BCUT2D eigenvalue weighted by molar-refractivity contribution is 9.10. The number of carbonyl (C=O) groups excluding carboxylic acids is 2. The zero-order chi connectivity index (χ0) is 20.8. The lowest BCUT2D eigenvalue weighted by atomic mass is 10.1. The Morgan fingerprint density at radius 2 is 1.72 bits per heavy atom. The molecule has 0 bridgehead atoms. The number of benzene rings is 2. The molecule has 0 fully saturated rings. The van der Waals surface area contributed by atoms with Gasteiger partial charge in [-0.15, -0.1) is 0 Å². The summed E-state index contributed by atoms with van der Waals surface area (Å²) in [5.41, 5.74) is 1.97. The zero-order valence-electron chi connectivity index (χ0n) is 16.6. The lowest BCUT2D eigenvalue weighted by Crippen LogP contribution is -2.46. The topological polar surface area (TPSA) is 67.9 Å². The van der Waals surface area contributed by atoms with Crippen molar-refractivity contribution in [3.05, 3.63) is 58.1 Å². The molecule has 1 N–H and O–H groups in total. The number of hydrogen-bond acceptors (Lipinski definition) is 4. The molecule has 1 heterocycles. The van der Waals surface area contributed by atoms with Crippen LogP contribution in [0.15, 0.2) is 46.9 Å². The van der Waals surface area contributed by atoms with Gasteiger partial charge in [0.15, 0.2) is 11.5 Å². The van der Waals surface area contributed by atoms with Crippen LogP contribution in [0.3, 0.4) is 0 Å². The first kappa shape index (κ1) is 21.2. The Labute approximate surface area is 179 Å². The molecule has 2 amide bonds. The molecule has 0 aliphatic carbocycles. The number of nitrogens with one attached hydrogen (secondary N) is 1. The van der Waals surface area contributed by atoms with E-state index in [1.807, 2.05) is 42.5 Å². The van der Waals surface area contributed by atoms with Crippen LogP contribution in [0.25, 0.3) is 0 Å². The van der Waals surface area contributed by atoms with Crippen molar-refractivity contribution in [2.75, 3.05) is 20.3 Å². The second-order valence-corrected chi connectivity index (χ2v) is 7.83. The van der Waals surface area contributed by atoms with E-state index in [0.717, 1.165) is 21.3 Å². The van der Waals surface area contributed by atoms with Gasteiger partial charge in [0, 0.05) is 24.5 Å². The van der Waals surface area contributed by atoms with Crippen molar-refractivity contribution in [2.24, 2.45) is 0 Å². The molecule has 6 nitrogen and oxygen atoms in total. The van der Waals surface area contributed by atoms with Crippen molar-refractivity contribution in [1.29, 1.82) is 0 Å². The van der Waals surface area contributed by atoms with Gasteiger partial charge in [-0.3, -0.25) is 9.59 Å². The van der Waals surface area contributed by atoms with Gasteiger partial charge in [-0.05, 0) is 48.7 Å². The first-order valence-electron chi connectivity index (χ1n) is 9.62. The van der Waals surface area contributed by atoms with Gasteiger partial charge in [0.2, 0.25) is 11.8 Å². The maximum Gasteiger partial charge on any atom is 0.242 e. The third-order valence-corrected chi connectivity index (χ3v) is 5.44. The molecule has 154 valence electrons. The minimum Gasteiger partial charge on any atom is -0.486 e. The van der Waals surface area contributed by atoms with Gasteiger partial charge in [-0.2, -0.15) is 0 Å². The Hall–Kier alpha value is -2.54. The molecule has 1 atom stereocenters. The van der Waals surface area contributed by atoms with Crippen LogP contribution in [0.1, 0.15) is 24.5 Å². The Kier molecular flexibility index (Phi) is 7.14. The Bertz CT molecular complexity index is 870. The number of aryl methyl sites for hydroxylation is 1. The summed E-state index contributed by atoms with van der Waals surface area (Å²) in [5.74, 6) is 1.19. The summed E-state index contributed by atoms with van der Waals surface area (Å²) in [4.78, 5) is 26.8. The predicted molar refractivity (Wildman–Crippen MR) is 114 cm³/mol. The van der Waals surface area contributed by atoms with E-state index in [1.165, 1.54) is 0 Å². The fourth-order valence-corrected chi connectivity index (χ4v) is 3.48. The van der Waals surface area contributed by atoms with E-state index < -0.39 is 6.04 Å². The molecule has 0 aromatic heterocycles. The number of ether oxygens (including phenoxy) is 2. The van der Waals surface area contributed by atoms with Crippen LogP contribution in [0.4, 0.5) is 0 Å². The van der Waals surface area contributed by atoms with Gasteiger partial charge in [0.25, 0.3) is 0 Å². The highest BCUT2D eigenvalue weighted by Crippen LogP contribution is 2.31. The highest BCUT2D eigenvalue weighted by atomic mass is 79.9. The van der Waals surface area contributed by atoms with Crippen molar-refractivity contribution in [1.82, 2.24) is 10.2 Å². The average molecular weight is 461 g/mol. The molecule has 0 radical (unpaired) electrons. The van der Waals surface area contributed by atoms with Crippen molar-refractivity contribution in [3.8, 4) is 11.5 Å². The number of nitrogens with zero attached hydrogens (tertiary/aromatic N) is 1. The van der Waals surface area contributed by atoms with Crippen LogP contribution in [0, 0.1) is 0 Å². The summed E-state index contributed by atoms with van der Waals surface area (Å²) < 4.78 is 12.1. The van der Waals surface area contributed by atoms with E-state index in [9.17, 15) is 9.59 Å². The quantitative estimate of drug-likeness (QED) is 0.687. The largest absolute Gasteiger partial charge is 0.486 e. The third-order valence-electron chi connectivity index (χ3n) is 4.91. The van der Waals surface area contributed by atoms with Crippen molar-refractivity contribution >= 4 is 27.7 Å². The fraction of sp³-hybridized carbons (Fsp3) is 0.364. The fourth-order valence-electron chi connectivity index (χ4n) is 3.22. The van der Waals surface area contributed by atoms with Crippen molar-refractivity contribution < 1.29 is 19.1 Å². The second kappa shape index (κ2) is 9.78. The molecule has 29 heavy (non-hydrogen) atoms. The van der Waals surface area contributed by atoms with Crippen LogP contribution in [0.2, 0.25) is 0 Å². The smallest absolute Gasteiger partial charge is 0.242 e. The van der Waals surface area contributed by atoms with Crippen LogP contribution < -0.4 is 14.8 Å². The Balaban J connectivity index is 1.70. The van der Waals surface area contributed by atoms with Crippen molar-refractivity contribution in [2.45, 2.75) is 32.4 Å². The van der Waals surface area contributed by atoms with Gasteiger partial charge in [0.1, 0.15) is 19.3 Å². The number of likely N-dealkylation sites (N-methyl/N-ethyl adjacent to an activating group) is 1. The van der Waals surface area contributed by atoms with Gasteiger partial charge >= 0.3 is 0 Å². The van der Waals surface area contributed by atoms with E-state index in [2.05, 4.69) is 21.2 Å². The number of hydrogen-bond donors (Lipinski definition) is 1. The summed E-state index contributed by atoms with van der Waals surface area (Å²) in [6.45, 7) is 3.20. The number of fused-ring (bicyclic) bond motifs is 1. The van der Waals surface area contributed by atoms with Gasteiger partial charge in [0.05, 0.1) is 0 Å². The minimum atomic E-state index is -0.559. The summed E-state index contributed by atoms with van der Waals surface area (Å²) in [7, 11) is 1.58. The van der Waals surface area contributed by atoms with Gasteiger partial charge in [-0.1, -0.05) is 34.1 Å². The molecule has 0 saturated carbocycles. The molecule has 1 aliphatic heterocycles. The SMILES string of the molecule is CNC(=O)[C@H](C)N(Cc1ccc(Br)cc1)C(=O)CCc1ccc2c(c1)OCCO2. The first-order valence-corrected chi connectivity index (χ1v) is 10.4. The molecule has 3 rings (SSSR count). The minimum absolute atomic E-state index is 0.0705. The first-order chi connectivity index (χ1) is 14.0. The summed E-state index contributed by atoms with van der Waals surface area (Å²) in [5, 5.41) is 2.63. The molecular weight excluding hydrogens is 436 g/mol. The lowest BCUT2D eigenvalue weighted by molar-refractivity contribution is -0.140. The molecule has 0 unspecified atom stereocenters. The summed E-state index contributed by atoms with van der Waals surface area (Å²) in [6, 6.07) is 12.9. The molecule has 2 aromatic carbocycles. The van der Waals surface area contributed by atoms with Crippen LogP contribution in [0.5, 0.6) is 11.5 Å². The van der Waals surface area contributed by atoms with Crippen LogP contribution in [-0.2, 0) is 22.6 Å². The van der Waals surface area contributed by atoms with Crippen molar-refractivity contribution in [3.63, 3.8) is 0 Å². The summed E-state index contributed by atoms with van der Waals surface area (Å²) in [6.07, 6.45) is 0.865. The number of amides is 2. The van der Waals surface area contributed by atoms with Crippen LogP contribution >= 0.6 is 15.9 Å². The average Bonchev–Trinajstić information content (AvgIpc) is 2.75. The lowest BCUT2D eigenvalue weighted by Gasteiger charge is -2.28. The molecule has 7 heteroatoms. The van der Waals surface area contributed by atoms with Gasteiger partial charge in [-0.25, -0.2) is 0 Å². The summed E-state index contributed by atoms with van der Waals surface area (Å²) >= 11 is 3.42. The monoisotopic (exact) mass is 460 g/mol. The molecule has 1 aliphatic rings. The standard InChI is InChI=1S/C22H25BrN2O4/c1-15(22(27)24-2)25(14-17-3-7-18(23)8-4-17)21(26)10-6-16-5-9-19-20(13-16)29-12-11-28-19/h3-5,7-9,13,15H,6,10-12,14H2,1-2H3,(H,24,27)/t15-/m0/s1. The van der Waals surface area contributed by atoms with E-state index in [4.69, 9.17) is 9.47 Å². The Morgan fingerprint density at radius 1 is 1.07 bits per heavy atom. The van der Waals surface area contributed by atoms with Crippen LogP contribution in [-0.4, -0.2) is 43.0 Å². The molecular formula is C22H25BrN2O4. The normalized spacial score (nSPS) is 13.5. The maximum absolute atomic E-state index is 13.0. The predicted octanol–water partition coefficient (Wildman–Crippen LogP) is 3.32. The number of carbonyl (C=O) groups is 2. The van der Waals surface area contributed by atoms with E-state index in [-0.39, 0.29) is 11.8 Å². The highest BCUT2D eigenvalue weighted by Gasteiger charge is 2.25.